The van der Waals surface area contributed by atoms with Crippen LogP contribution in [0.2, 0.25) is 0 Å². The van der Waals surface area contributed by atoms with Crippen LogP contribution in [0, 0.1) is 0 Å². The Labute approximate surface area is 134 Å². The molecule has 2 atom stereocenters. The molecule has 2 saturated heterocycles. The van der Waals surface area contributed by atoms with E-state index in [1.807, 2.05) is 38.1 Å². The highest BCUT2D eigenvalue weighted by molar-refractivity contribution is 8.01. The number of rotatable bonds is 4. The molecule has 0 spiro atoms. The van der Waals surface area contributed by atoms with Crippen LogP contribution >= 0.6 is 11.8 Å². The van der Waals surface area contributed by atoms with Crippen LogP contribution in [0.15, 0.2) is 24.3 Å². The highest BCUT2D eigenvalue weighted by Gasteiger charge is 2.52. The zero-order valence-electron chi connectivity index (χ0n) is 12.8. The van der Waals surface area contributed by atoms with Gasteiger partial charge in [0.25, 0.3) is 0 Å². The van der Waals surface area contributed by atoms with Gasteiger partial charge in [0, 0.05) is 12.2 Å². The molecule has 2 heterocycles. The van der Waals surface area contributed by atoms with E-state index in [4.69, 9.17) is 4.74 Å². The van der Waals surface area contributed by atoms with E-state index in [2.05, 4.69) is 5.32 Å². The van der Waals surface area contributed by atoms with Gasteiger partial charge < -0.3 is 15.0 Å². The predicted octanol–water partition coefficient (Wildman–Crippen LogP) is 2.48. The Balaban J connectivity index is 1.77. The second-order valence-corrected chi connectivity index (χ2v) is 7.19. The molecule has 1 N–H and O–H groups in total. The molecule has 1 aromatic carbocycles. The normalized spacial score (nSPS) is 26.9. The van der Waals surface area contributed by atoms with Crippen molar-refractivity contribution in [3.05, 3.63) is 24.3 Å². The van der Waals surface area contributed by atoms with Gasteiger partial charge in [-0.05, 0) is 32.4 Å². The second kappa shape index (κ2) is 5.83. The summed E-state index contributed by atoms with van der Waals surface area (Å²) in [5.74, 6) is 1.23. The Hall–Kier alpha value is -1.69. The molecule has 5 nitrogen and oxygen atoms in total. The fourth-order valence-electron chi connectivity index (χ4n) is 3.08. The van der Waals surface area contributed by atoms with Crippen LogP contribution in [0.5, 0.6) is 5.75 Å². The molecule has 2 aliphatic rings. The van der Waals surface area contributed by atoms with E-state index < -0.39 is 6.04 Å². The van der Waals surface area contributed by atoms with E-state index in [1.54, 1.807) is 16.7 Å². The number of nitrogens with one attached hydrogen (secondary N) is 1. The van der Waals surface area contributed by atoms with Gasteiger partial charge in [-0.25, -0.2) is 0 Å². The summed E-state index contributed by atoms with van der Waals surface area (Å²) in [7, 11) is 0. The van der Waals surface area contributed by atoms with Crippen molar-refractivity contribution in [2.45, 2.75) is 37.6 Å². The van der Waals surface area contributed by atoms with Crippen molar-refractivity contribution in [1.82, 2.24) is 4.90 Å². The first kappa shape index (κ1) is 15.2. The Bertz CT molecular complexity index is 607. The van der Waals surface area contributed by atoms with Gasteiger partial charge in [0.05, 0.1) is 17.2 Å². The van der Waals surface area contributed by atoms with E-state index in [-0.39, 0.29) is 16.7 Å². The zero-order chi connectivity index (χ0) is 15.7. The van der Waals surface area contributed by atoms with Crippen LogP contribution in [0.25, 0.3) is 0 Å². The molecule has 1 aromatic rings. The van der Waals surface area contributed by atoms with Crippen molar-refractivity contribution in [3.8, 4) is 5.75 Å². The number of hydrogen-bond donors (Lipinski definition) is 1. The Morgan fingerprint density at radius 1 is 1.50 bits per heavy atom. The van der Waals surface area contributed by atoms with Crippen LogP contribution in [0.4, 0.5) is 5.69 Å². The summed E-state index contributed by atoms with van der Waals surface area (Å²) in [4.78, 5) is 26.3. The fraction of sp³-hybridized carbons (Fsp3) is 0.500. The van der Waals surface area contributed by atoms with Gasteiger partial charge in [-0.3, -0.25) is 9.59 Å². The molecule has 2 amide bonds. The van der Waals surface area contributed by atoms with E-state index in [0.29, 0.717) is 30.2 Å². The van der Waals surface area contributed by atoms with Gasteiger partial charge >= 0.3 is 0 Å². The molecule has 6 heteroatoms. The number of anilines is 1. The van der Waals surface area contributed by atoms with Crippen LogP contribution in [-0.4, -0.2) is 40.0 Å². The Morgan fingerprint density at radius 3 is 3.05 bits per heavy atom. The lowest BCUT2D eigenvalue weighted by molar-refractivity contribution is -0.135. The number of fused-ring (bicyclic) bond motifs is 1. The Morgan fingerprint density at radius 2 is 2.27 bits per heavy atom. The average molecular weight is 320 g/mol. The molecule has 0 aliphatic carbocycles. The van der Waals surface area contributed by atoms with Crippen molar-refractivity contribution >= 4 is 29.3 Å². The number of ether oxygens (including phenoxy) is 1. The van der Waals surface area contributed by atoms with E-state index >= 15 is 0 Å². The van der Waals surface area contributed by atoms with Gasteiger partial charge in [-0.15, -0.1) is 11.8 Å². The number of benzene rings is 1. The molecule has 0 aromatic heterocycles. The third-order valence-electron chi connectivity index (χ3n) is 4.19. The first-order valence-corrected chi connectivity index (χ1v) is 8.52. The highest BCUT2D eigenvalue weighted by atomic mass is 32.2. The summed E-state index contributed by atoms with van der Waals surface area (Å²) in [6.07, 6.45) is 1.35. The molecule has 22 heavy (non-hydrogen) atoms. The first-order valence-electron chi connectivity index (χ1n) is 7.54. The molecule has 2 fully saturated rings. The van der Waals surface area contributed by atoms with Crippen molar-refractivity contribution in [3.63, 3.8) is 0 Å². The van der Waals surface area contributed by atoms with Crippen molar-refractivity contribution in [2.75, 3.05) is 17.7 Å². The van der Waals surface area contributed by atoms with Crippen LogP contribution in [-0.2, 0) is 9.59 Å². The molecule has 2 aliphatic heterocycles. The second-order valence-electron chi connectivity index (χ2n) is 5.68. The standard InChI is InChI=1S/C16H20N2O3S/c1-3-21-13-7-5-4-6-11(13)17-15(20)12-10-22-16(2)9-8-14(19)18(12)16/h4-7,12H,3,8-10H2,1-2H3,(H,17,20). The molecular formula is C16H20N2O3S. The van der Waals surface area contributed by atoms with Gasteiger partial charge in [0.2, 0.25) is 11.8 Å². The number of carbonyl (C=O) groups is 2. The maximum Gasteiger partial charge on any atom is 0.248 e. The summed E-state index contributed by atoms with van der Waals surface area (Å²) in [5.41, 5.74) is 0.652. The first-order chi connectivity index (χ1) is 10.5. The minimum atomic E-state index is -0.403. The monoisotopic (exact) mass is 320 g/mol. The predicted molar refractivity (Wildman–Crippen MR) is 87.0 cm³/mol. The molecule has 0 radical (unpaired) electrons. The Kier molecular flexibility index (Phi) is 4.04. The fourth-order valence-corrected chi connectivity index (χ4v) is 4.51. The molecule has 118 valence electrons. The summed E-state index contributed by atoms with van der Waals surface area (Å²) in [5, 5.41) is 2.92. The van der Waals surface area contributed by atoms with E-state index in [0.717, 1.165) is 6.42 Å². The number of nitrogens with zero attached hydrogens (tertiary/aromatic N) is 1. The van der Waals surface area contributed by atoms with Crippen LogP contribution < -0.4 is 10.1 Å². The summed E-state index contributed by atoms with van der Waals surface area (Å²) in [6.45, 7) is 4.49. The average Bonchev–Trinajstić information content (AvgIpc) is 2.98. The zero-order valence-corrected chi connectivity index (χ0v) is 13.6. The molecular weight excluding hydrogens is 300 g/mol. The number of thioether (sulfide) groups is 1. The number of amides is 2. The topological polar surface area (TPSA) is 58.6 Å². The number of hydrogen-bond acceptors (Lipinski definition) is 4. The van der Waals surface area contributed by atoms with Crippen molar-refractivity contribution in [2.24, 2.45) is 0 Å². The third-order valence-corrected chi connectivity index (χ3v) is 5.70. The minimum Gasteiger partial charge on any atom is -0.492 e. The summed E-state index contributed by atoms with van der Waals surface area (Å²) < 4.78 is 5.53. The van der Waals surface area contributed by atoms with Gasteiger partial charge in [0.15, 0.2) is 0 Å². The molecule has 3 rings (SSSR count). The third kappa shape index (κ3) is 2.56. The maximum absolute atomic E-state index is 12.6. The van der Waals surface area contributed by atoms with Gasteiger partial charge in [-0.1, -0.05) is 12.1 Å². The van der Waals surface area contributed by atoms with Crippen molar-refractivity contribution in [1.29, 1.82) is 0 Å². The molecule has 0 saturated carbocycles. The van der Waals surface area contributed by atoms with Crippen LogP contribution in [0.1, 0.15) is 26.7 Å². The quantitative estimate of drug-likeness (QED) is 0.926. The lowest BCUT2D eigenvalue weighted by Crippen LogP contribution is -2.48. The minimum absolute atomic E-state index is 0.0748. The molecule has 0 bridgehead atoms. The summed E-state index contributed by atoms with van der Waals surface area (Å²) in [6, 6.07) is 6.96. The van der Waals surface area contributed by atoms with E-state index in [9.17, 15) is 9.59 Å². The SMILES string of the molecule is CCOc1ccccc1NC(=O)C1CSC2(C)CCC(=O)N12. The maximum atomic E-state index is 12.6. The van der Waals surface area contributed by atoms with Gasteiger partial charge in [0.1, 0.15) is 11.8 Å². The summed E-state index contributed by atoms with van der Waals surface area (Å²) >= 11 is 1.69. The molecule has 2 unspecified atom stereocenters. The van der Waals surface area contributed by atoms with Gasteiger partial charge in [-0.2, -0.15) is 0 Å². The lowest BCUT2D eigenvalue weighted by Gasteiger charge is -2.30. The largest absolute Gasteiger partial charge is 0.492 e. The smallest absolute Gasteiger partial charge is 0.248 e. The highest BCUT2D eigenvalue weighted by Crippen LogP contribution is 2.47. The van der Waals surface area contributed by atoms with Crippen LogP contribution in [0.3, 0.4) is 0 Å². The number of para-hydroxylation sites is 2. The van der Waals surface area contributed by atoms with E-state index in [1.165, 1.54) is 0 Å². The van der Waals surface area contributed by atoms with Crippen molar-refractivity contribution < 1.29 is 14.3 Å². The lowest BCUT2D eigenvalue weighted by atomic mass is 10.2. The number of carbonyl (C=O) groups excluding carboxylic acids is 2.